The molecule has 0 saturated heterocycles. The summed E-state index contributed by atoms with van der Waals surface area (Å²) in [6, 6.07) is 1.71. The molecule has 0 spiro atoms. The zero-order valence-electron chi connectivity index (χ0n) is 13.9. The van der Waals surface area contributed by atoms with E-state index in [9.17, 15) is 31.1 Å². The molecule has 1 amide bonds. The molecule has 0 fully saturated rings. The molecule has 2 rings (SSSR count). The number of rotatable bonds is 6. The molecule has 0 radical (unpaired) electrons. The van der Waals surface area contributed by atoms with Crippen molar-refractivity contribution in [2.24, 2.45) is 7.05 Å². The van der Waals surface area contributed by atoms with E-state index in [1.54, 1.807) is 0 Å². The lowest BCUT2D eigenvalue weighted by molar-refractivity contribution is -0.141. The molecule has 2 aromatic rings. The van der Waals surface area contributed by atoms with Gasteiger partial charge in [-0.25, -0.2) is 13.2 Å². The second-order valence-corrected chi connectivity index (χ2v) is 6.41. The third-order valence-corrected chi connectivity index (χ3v) is 3.77. The van der Waals surface area contributed by atoms with E-state index in [0.717, 1.165) is 23.0 Å². The molecule has 0 atom stereocenters. The molecular formula is C15H13F6N3O2S. The van der Waals surface area contributed by atoms with E-state index in [2.05, 4.69) is 14.5 Å². The zero-order valence-corrected chi connectivity index (χ0v) is 14.7. The molecule has 0 aliphatic heterocycles. The first kappa shape index (κ1) is 21.1. The van der Waals surface area contributed by atoms with Crippen molar-refractivity contribution < 1.29 is 35.3 Å². The fraction of sp³-hybridized carbons (Fsp3) is 0.333. The molecule has 148 valence electrons. The molecule has 5 nitrogen and oxygen atoms in total. The highest BCUT2D eigenvalue weighted by atomic mass is 32.2. The van der Waals surface area contributed by atoms with Gasteiger partial charge in [-0.05, 0) is 12.1 Å². The van der Waals surface area contributed by atoms with Crippen LogP contribution in [0.5, 0.6) is 0 Å². The van der Waals surface area contributed by atoms with Gasteiger partial charge in [-0.15, -0.1) is 0 Å². The lowest BCUT2D eigenvalue weighted by atomic mass is 10.3. The maximum atomic E-state index is 14.4. The van der Waals surface area contributed by atoms with Crippen LogP contribution in [0, 0.1) is 5.82 Å². The quantitative estimate of drug-likeness (QED) is 0.559. The van der Waals surface area contributed by atoms with Crippen LogP contribution < -0.4 is 5.32 Å². The number of nitrogens with one attached hydrogen (secondary N) is 1. The summed E-state index contributed by atoms with van der Waals surface area (Å²) >= 11 is 0.324. The molecule has 0 saturated carbocycles. The van der Waals surface area contributed by atoms with Crippen LogP contribution in [-0.4, -0.2) is 28.0 Å². The number of halogens is 6. The maximum Gasteiger partial charge on any atom is 0.433 e. The molecule has 0 bridgehead atoms. The Morgan fingerprint density at radius 1 is 1.33 bits per heavy atom. The van der Waals surface area contributed by atoms with Crippen molar-refractivity contribution in [3.05, 3.63) is 41.7 Å². The van der Waals surface area contributed by atoms with Crippen molar-refractivity contribution in [2.75, 3.05) is 11.9 Å². The van der Waals surface area contributed by atoms with Crippen LogP contribution in [-0.2, 0) is 17.4 Å². The number of hydrogen-bond donors (Lipinski definition) is 1. The lowest BCUT2D eigenvalue weighted by Crippen LogP contribution is -2.18. The minimum absolute atomic E-state index is 0.224. The van der Waals surface area contributed by atoms with Crippen LogP contribution in [0.3, 0.4) is 0 Å². The van der Waals surface area contributed by atoms with E-state index in [1.165, 1.54) is 7.05 Å². The predicted molar refractivity (Wildman–Crippen MR) is 85.0 cm³/mol. The summed E-state index contributed by atoms with van der Waals surface area (Å²) in [5, 5.41) is 2.14. The highest BCUT2D eigenvalue weighted by Crippen LogP contribution is 2.30. The first-order valence-corrected chi connectivity index (χ1v) is 7.99. The smallest absolute Gasteiger partial charge is 0.343 e. The van der Waals surface area contributed by atoms with Gasteiger partial charge in [-0.3, -0.25) is 9.78 Å². The summed E-state index contributed by atoms with van der Waals surface area (Å²) in [5.41, 5.74) is -1.97. The van der Waals surface area contributed by atoms with Gasteiger partial charge in [0.15, 0.2) is 5.82 Å². The van der Waals surface area contributed by atoms with Crippen LogP contribution in [0.4, 0.5) is 32.0 Å². The van der Waals surface area contributed by atoms with Crippen LogP contribution >= 0.6 is 12.0 Å². The summed E-state index contributed by atoms with van der Waals surface area (Å²) in [6.07, 6.45) is -2.73. The third-order valence-electron chi connectivity index (χ3n) is 3.07. The molecule has 0 unspecified atom stereocenters. The number of amides is 1. The molecule has 0 aromatic carbocycles. The Labute approximate surface area is 153 Å². The van der Waals surface area contributed by atoms with Crippen LogP contribution in [0.15, 0.2) is 29.4 Å². The average molecular weight is 413 g/mol. The van der Waals surface area contributed by atoms with E-state index in [-0.39, 0.29) is 10.6 Å². The number of alkyl halides is 5. The van der Waals surface area contributed by atoms with Crippen molar-refractivity contribution in [1.29, 1.82) is 0 Å². The molecule has 0 aliphatic carbocycles. The van der Waals surface area contributed by atoms with Crippen LogP contribution in [0.25, 0.3) is 0 Å². The highest BCUT2D eigenvalue weighted by Gasteiger charge is 2.33. The van der Waals surface area contributed by atoms with Gasteiger partial charge in [0.05, 0.1) is 4.90 Å². The number of pyridine rings is 1. The number of hydrogen-bond acceptors (Lipinski definition) is 4. The summed E-state index contributed by atoms with van der Waals surface area (Å²) in [6.45, 7) is -0.345. The molecular weight excluding hydrogens is 400 g/mol. The van der Waals surface area contributed by atoms with E-state index < -0.39 is 41.8 Å². The zero-order chi connectivity index (χ0) is 20.4. The Hall–Kier alpha value is -2.21. The van der Waals surface area contributed by atoms with Gasteiger partial charge < -0.3 is 14.1 Å². The summed E-state index contributed by atoms with van der Waals surface area (Å²) in [5.74, 6) is -5.19. The Bertz CT molecular complexity index is 832. The number of nitrogens with zero attached hydrogens (tertiary/aromatic N) is 2. The molecule has 1 N–H and O–H groups in total. The van der Waals surface area contributed by atoms with E-state index in [0.29, 0.717) is 25.0 Å². The van der Waals surface area contributed by atoms with Crippen LogP contribution in [0.2, 0.25) is 0 Å². The second-order valence-electron chi connectivity index (χ2n) is 5.56. The fourth-order valence-corrected chi connectivity index (χ4v) is 2.70. The van der Waals surface area contributed by atoms with Gasteiger partial charge in [0.2, 0.25) is 0 Å². The summed E-state index contributed by atoms with van der Waals surface area (Å²) in [4.78, 5) is 15.1. The predicted octanol–water partition coefficient (Wildman–Crippen LogP) is 4.51. The van der Waals surface area contributed by atoms with Crippen LogP contribution in [0.1, 0.15) is 23.1 Å². The minimum Gasteiger partial charge on any atom is -0.343 e. The summed E-state index contributed by atoms with van der Waals surface area (Å²) in [7, 11) is 1.31. The van der Waals surface area contributed by atoms with Gasteiger partial charge in [0.25, 0.3) is 11.8 Å². The number of carbonyl (C=O) groups is 1. The number of anilines is 1. The molecule has 0 aliphatic rings. The molecule has 2 aromatic heterocycles. The second kappa shape index (κ2) is 7.80. The maximum absolute atomic E-state index is 14.4. The van der Waals surface area contributed by atoms with Crippen molar-refractivity contribution in [2.45, 2.75) is 23.9 Å². The largest absolute Gasteiger partial charge is 0.433 e. The average Bonchev–Trinajstić information content (AvgIpc) is 2.79. The van der Waals surface area contributed by atoms with Gasteiger partial charge in [0, 0.05) is 44.1 Å². The van der Waals surface area contributed by atoms with Gasteiger partial charge in [-0.1, -0.05) is 0 Å². The highest BCUT2D eigenvalue weighted by molar-refractivity contribution is 7.94. The standard InChI is InChI=1S/C15H13F6N3O2S/c1-14(17,18)7-26-27-9-6-24(2)12(11(9)16)13(25)23-8-3-4-22-10(5-8)15(19,20)21/h3-6H,7H2,1-2H3,(H,22,23,25). The number of carbonyl (C=O) groups excluding carboxylic acids is 1. The van der Waals surface area contributed by atoms with Crippen molar-refractivity contribution in [3.8, 4) is 0 Å². The van der Waals surface area contributed by atoms with E-state index >= 15 is 0 Å². The normalized spacial score (nSPS) is 12.3. The Balaban J connectivity index is 2.15. The number of aryl methyl sites for hydroxylation is 1. The van der Waals surface area contributed by atoms with Crippen molar-refractivity contribution in [1.82, 2.24) is 9.55 Å². The fourth-order valence-electron chi connectivity index (χ4n) is 1.94. The molecule has 27 heavy (non-hydrogen) atoms. The van der Waals surface area contributed by atoms with E-state index in [1.807, 2.05) is 0 Å². The first-order valence-electron chi connectivity index (χ1n) is 7.25. The van der Waals surface area contributed by atoms with Crippen molar-refractivity contribution >= 4 is 23.6 Å². The van der Waals surface area contributed by atoms with Crippen molar-refractivity contribution in [3.63, 3.8) is 0 Å². The van der Waals surface area contributed by atoms with E-state index in [4.69, 9.17) is 0 Å². The first-order chi connectivity index (χ1) is 12.4. The Kier molecular flexibility index (Phi) is 6.10. The minimum atomic E-state index is -4.71. The topological polar surface area (TPSA) is 56.1 Å². The monoisotopic (exact) mass is 413 g/mol. The molecule has 12 heteroatoms. The van der Waals surface area contributed by atoms with Gasteiger partial charge >= 0.3 is 6.18 Å². The lowest BCUT2D eigenvalue weighted by Gasteiger charge is -2.09. The SMILES string of the molecule is Cn1cc(SOCC(C)(F)F)c(F)c1C(=O)Nc1ccnc(C(F)(F)F)c1. The van der Waals surface area contributed by atoms with Gasteiger partial charge in [0.1, 0.15) is 18.0 Å². The Morgan fingerprint density at radius 2 is 2.00 bits per heavy atom. The number of aromatic nitrogens is 2. The third kappa shape index (κ3) is 5.63. The van der Waals surface area contributed by atoms with Gasteiger partial charge in [-0.2, -0.15) is 13.2 Å². The molecule has 2 heterocycles. The Morgan fingerprint density at radius 3 is 2.59 bits per heavy atom. The summed E-state index contributed by atoms with van der Waals surface area (Å²) < 4.78 is 83.4.